The second-order valence-corrected chi connectivity index (χ2v) is 4.76. The number of fused-ring (bicyclic) bond motifs is 1. The Morgan fingerprint density at radius 2 is 2.00 bits per heavy atom. The molecule has 3 nitrogen and oxygen atoms in total. The maximum absolute atomic E-state index is 12.1. The molecule has 1 N–H and O–H groups in total. The molecule has 1 heterocycles. The second-order valence-electron chi connectivity index (χ2n) is 4.39. The first kappa shape index (κ1) is 13.8. The minimum atomic E-state index is -0.109. The molecule has 2 rings (SSSR count). The highest BCUT2D eigenvalue weighted by Gasteiger charge is 2.10. The molecule has 0 bridgehead atoms. The molecule has 0 atom stereocenters. The predicted molar refractivity (Wildman–Crippen MR) is 78.6 cm³/mol. The SMILES string of the molecule is O=C(NCCCCCCl)c1nccc2ccccc12. The van der Waals surface area contributed by atoms with Gasteiger partial charge in [-0.1, -0.05) is 30.7 Å². The van der Waals surface area contributed by atoms with Crippen LogP contribution in [0.5, 0.6) is 0 Å². The molecule has 0 unspecified atom stereocenters. The van der Waals surface area contributed by atoms with Crippen molar-refractivity contribution in [1.82, 2.24) is 10.3 Å². The van der Waals surface area contributed by atoms with Crippen LogP contribution in [0.2, 0.25) is 0 Å². The van der Waals surface area contributed by atoms with Crippen molar-refractivity contribution in [3.05, 3.63) is 42.2 Å². The van der Waals surface area contributed by atoms with E-state index in [4.69, 9.17) is 11.6 Å². The first-order valence-corrected chi connectivity index (χ1v) is 7.04. The maximum atomic E-state index is 12.1. The van der Waals surface area contributed by atoms with Gasteiger partial charge in [0.1, 0.15) is 5.69 Å². The molecule has 1 amide bonds. The van der Waals surface area contributed by atoms with Gasteiger partial charge in [0.25, 0.3) is 5.91 Å². The first-order chi connectivity index (χ1) is 9.33. The number of aromatic nitrogens is 1. The Morgan fingerprint density at radius 1 is 1.16 bits per heavy atom. The summed E-state index contributed by atoms with van der Waals surface area (Å²) in [7, 11) is 0. The molecule has 19 heavy (non-hydrogen) atoms. The zero-order valence-electron chi connectivity index (χ0n) is 10.7. The highest BCUT2D eigenvalue weighted by atomic mass is 35.5. The molecule has 1 aromatic heterocycles. The third-order valence-electron chi connectivity index (χ3n) is 2.98. The molecule has 0 fully saturated rings. The van der Waals surface area contributed by atoms with Crippen molar-refractivity contribution in [2.24, 2.45) is 0 Å². The number of alkyl halides is 1. The largest absolute Gasteiger partial charge is 0.351 e. The van der Waals surface area contributed by atoms with E-state index in [-0.39, 0.29) is 5.91 Å². The van der Waals surface area contributed by atoms with Crippen LogP contribution >= 0.6 is 11.6 Å². The predicted octanol–water partition coefficient (Wildman–Crippen LogP) is 3.37. The van der Waals surface area contributed by atoms with E-state index in [1.165, 1.54) is 0 Å². The Morgan fingerprint density at radius 3 is 2.84 bits per heavy atom. The van der Waals surface area contributed by atoms with Crippen LogP contribution in [0.4, 0.5) is 0 Å². The Labute approximate surface area is 118 Å². The Balaban J connectivity index is 2.01. The third kappa shape index (κ3) is 3.67. The topological polar surface area (TPSA) is 42.0 Å². The fraction of sp³-hybridized carbons (Fsp3) is 0.333. The lowest BCUT2D eigenvalue weighted by molar-refractivity contribution is 0.0950. The van der Waals surface area contributed by atoms with Gasteiger partial charge in [-0.3, -0.25) is 9.78 Å². The van der Waals surface area contributed by atoms with Gasteiger partial charge in [0.2, 0.25) is 0 Å². The molecular formula is C15H17ClN2O. The Bertz CT molecular complexity index is 551. The molecule has 0 aliphatic heterocycles. The summed E-state index contributed by atoms with van der Waals surface area (Å²) in [6, 6.07) is 9.68. The van der Waals surface area contributed by atoms with Crippen molar-refractivity contribution in [1.29, 1.82) is 0 Å². The van der Waals surface area contributed by atoms with Crippen LogP contribution in [0.15, 0.2) is 36.5 Å². The molecule has 0 saturated carbocycles. The van der Waals surface area contributed by atoms with E-state index in [1.807, 2.05) is 30.3 Å². The smallest absolute Gasteiger partial charge is 0.270 e. The van der Waals surface area contributed by atoms with Gasteiger partial charge in [0, 0.05) is 24.0 Å². The van der Waals surface area contributed by atoms with Crippen LogP contribution in [0, 0.1) is 0 Å². The zero-order chi connectivity index (χ0) is 13.5. The minimum absolute atomic E-state index is 0.109. The fourth-order valence-electron chi connectivity index (χ4n) is 1.98. The van der Waals surface area contributed by atoms with Crippen LogP contribution in [0.1, 0.15) is 29.8 Å². The van der Waals surface area contributed by atoms with Crippen LogP contribution in [-0.2, 0) is 0 Å². The van der Waals surface area contributed by atoms with Crippen molar-refractivity contribution in [3.63, 3.8) is 0 Å². The zero-order valence-corrected chi connectivity index (χ0v) is 11.5. The average molecular weight is 277 g/mol. The first-order valence-electron chi connectivity index (χ1n) is 6.51. The summed E-state index contributed by atoms with van der Waals surface area (Å²) in [6.45, 7) is 0.667. The number of hydrogen-bond acceptors (Lipinski definition) is 2. The van der Waals surface area contributed by atoms with E-state index >= 15 is 0 Å². The van der Waals surface area contributed by atoms with Crippen molar-refractivity contribution >= 4 is 28.3 Å². The summed E-state index contributed by atoms with van der Waals surface area (Å²) in [6.07, 6.45) is 4.64. The molecule has 0 radical (unpaired) electrons. The molecule has 0 aliphatic carbocycles. The normalized spacial score (nSPS) is 10.6. The van der Waals surface area contributed by atoms with Crippen LogP contribution in [0.3, 0.4) is 0 Å². The van der Waals surface area contributed by atoms with E-state index < -0.39 is 0 Å². The van der Waals surface area contributed by atoms with Crippen molar-refractivity contribution in [2.45, 2.75) is 19.3 Å². The summed E-state index contributed by atoms with van der Waals surface area (Å²) in [5, 5.41) is 4.83. The number of pyridine rings is 1. The highest BCUT2D eigenvalue weighted by molar-refractivity contribution is 6.17. The number of carbonyl (C=O) groups excluding carboxylic acids is 1. The summed E-state index contributed by atoms with van der Waals surface area (Å²) in [5.74, 6) is 0.571. The van der Waals surface area contributed by atoms with E-state index in [9.17, 15) is 4.79 Å². The summed E-state index contributed by atoms with van der Waals surface area (Å²) >= 11 is 5.61. The van der Waals surface area contributed by atoms with E-state index in [1.54, 1.807) is 6.20 Å². The number of carbonyl (C=O) groups is 1. The molecule has 0 aliphatic rings. The number of benzene rings is 1. The van der Waals surface area contributed by atoms with Gasteiger partial charge in [-0.2, -0.15) is 0 Å². The molecule has 4 heteroatoms. The number of halogens is 1. The number of unbranched alkanes of at least 4 members (excludes halogenated alkanes) is 2. The quantitative estimate of drug-likeness (QED) is 0.649. The standard InChI is InChI=1S/C15H17ClN2O/c16-9-4-1-5-10-18-15(19)14-13-7-3-2-6-12(13)8-11-17-14/h2-3,6-8,11H,1,4-5,9-10H2,(H,18,19). The number of nitrogens with zero attached hydrogens (tertiary/aromatic N) is 1. The van der Waals surface area contributed by atoms with Crippen LogP contribution < -0.4 is 5.32 Å². The summed E-state index contributed by atoms with van der Waals surface area (Å²) < 4.78 is 0. The summed E-state index contributed by atoms with van der Waals surface area (Å²) in [5.41, 5.74) is 0.496. The van der Waals surface area contributed by atoms with Gasteiger partial charge in [-0.15, -0.1) is 11.6 Å². The van der Waals surface area contributed by atoms with Gasteiger partial charge >= 0.3 is 0 Å². The average Bonchev–Trinajstić information content (AvgIpc) is 2.46. The molecule has 2 aromatic rings. The lowest BCUT2D eigenvalue weighted by Crippen LogP contribution is -2.25. The fourth-order valence-corrected chi connectivity index (χ4v) is 2.17. The second kappa shape index (κ2) is 7.10. The molecular weight excluding hydrogens is 260 g/mol. The summed E-state index contributed by atoms with van der Waals surface area (Å²) in [4.78, 5) is 16.3. The number of nitrogens with one attached hydrogen (secondary N) is 1. The lowest BCUT2D eigenvalue weighted by atomic mass is 10.1. The van der Waals surface area contributed by atoms with Gasteiger partial charge in [0.05, 0.1) is 0 Å². The monoisotopic (exact) mass is 276 g/mol. The van der Waals surface area contributed by atoms with Crippen LogP contribution in [0.25, 0.3) is 10.8 Å². The lowest BCUT2D eigenvalue weighted by Gasteiger charge is -2.06. The van der Waals surface area contributed by atoms with E-state index in [0.717, 1.165) is 30.0 Å². The van der Waals surface area contributed by atoms with Gasteiger partial charge in [-0.05, 0) is 24.3 Å². The van der Waals surface area contributed by atoms with Gasteiger partial charge in [0.15, 0.2) is 0 Å². The highest BCUT2D eigenvalue weighted by Crippen LogP contribution is 2.15. The van der Waals surface area contributed by atoms with E-state index in [0.29, 0.717) is 18.1 Å². The maximum Gasteiger partial charge on any atom is 0.270 e. The van der Waals surface area contributed by atoms with Crippen molar-refractivity contribution < 1.29 is 4.79 Å². The van der Waals surface area contributed by atoms with E-state index in [2.05, 4.69) is 10.3 Å². The molecule has 0 saturated heterocycles. The molecule has 100 valence electrons. The van der Waals surface area contributed by atoms with Gasteiger partial charge in [-0.25, -0.2) is 0 Å². The minimum Gasteiger partial charge on any atom is -0.351 e. The number of rotatable bonds is 6. The Hall–Kier alpha value is -1.61. The third-order valence-corrected chi connectivity index (χ3v) is 3.25. The van der Waals surface area contributed by atoms with Gasteiger partial charge < -0.3 is 5.32 Å². The van der Waals surface area contributed by atoms with Crippen molar-refractivity contribution in [3.8, 4) is 0 Å². The molecule has 1 aromatic carbocycles. The number of amides is 1. The Kier molecular flexibility index (Phi) is 5.16. The van der Waals surface area contributed by atoms with Crippen LogP contribution in [-0.4, -0.2) is 23.3 Å². The molecule has 0 spiro atoms. The van der Waals surface area contributed by atoms with Crippen molar-refractivity contribution in [2.75, 3.05) is 12.4 Å². The number of hydrogen-bond donors (Lipinski definition) is 1.